The van der Waals surface area contributed by atoms with Gasteiger partial charge >= 0.3 is 0 Å². The van der Waals surface area contributed by atoms with Gasteiger partial charge in [0.2, 0.25) is 5.91 Å². The Labute approximate surface area is 161 Å². The second kappa shape index (κ2) is 7.87. The third kappa shape index (κ3) is 3.68. The number of carbonyl (C=O) groups excluding carboxylic acids is 1. The third-order valence-electron chi connectivity index (χ3n) is 4.47. The van der Waals surface area contributed by atoms with Crippen molar-refractivity contribution in [2.75, 3.05) is 0 Å². The number of aromatic nitrogens is 4. The van der Waals surface area contributed by atoms with Crippen LogP contribution in [0.15, 0.2) is 78.0 Å². The van der Waals surface area contributed by atoms with Crippen molar-refractivity contribution in [1.29, 1.82) is 0 Å². The number of hydrogen-bond acceptors (Lipinski definition) is 4. The normalized spacial score (nSPS) is 10.9. The van der Waals surface area contributed by atoms with E-state index in [-0.39, 0.29) is 24.4 Å². The van der Waals surface area contributed by atoms with E-state index in [0.29, 0.717) is 17.6 Å². The molecule has 0 aliphatic heterocycles. The summed E-state index contributed by atoms with van der Waals surface area (Å²) in [5.74, 6) is -0.115. The molecule has 0 unspecified atom stereocenters. The highest BCUT2D eigenvalue weighted by Gasteiger charge is 2.12. The third-order valence-corrected chi connectivity index (χ3v) is 4.47. The van der Waals surface area contributed by atoms with E-state index in [4.69, 9.17) is 0 Å². The number of aryl methyl sites for hydroxylation is 1. The number of amides is 1. The Hall–Kier alpha value is -3.74. The fraction of sp³-hybridized carbons (Fsp3) is 0.143. The van der Waals surface area contributed by atoms with Crippen LogP contribution in [0.3, 0.4) is 0 Å². The Morgan fingerprint density at radius 1 is 1.00 bits per heavy atom. The molecule has 7 nitrogen and oxygen atoms in total. The molecule has 2 aromatic carbocycles. The Balaban J connectivity index is 1.45. The van der Waals surface area contributed by atoms with Gasteiger partial charge in [-0.1, -0.05) is 48.5 Å². The Morgan fingerprint density at radius 3 is 2.46 bits per heavy atom. The first-order valence-corrected chi connectivity index (χ1v) is 9.01. The first kappa shape index (κ1) is 17.7. The average molecular weight is 373 g/mol. The maximum atomic E-state index is 12.7. The van der Waals surface area contributed by atoms with Crippen molar-refractivity contribution in [3.63, 3.8) is 0 Å². The molecule has 0 atom stereocenters. The number of benzene rings is 2. The summed E-state index contributed by atoms with van der Waals surface area (Å²) >= 11 is 0. The van der Waals surface area contributed by atoms with Gasteiger partial charge in [-0.05, 0) is 17.7 Å². The molecule has 28 heavy (non-hydrogen) atoms. The molecule has 2 aromatic heterocycles. The molecule has 1 N–H and O–H groups in total. The standard InChI is InChI=1S/C21H19N5O2/c27-19(22-13-16-7-3-1-4-8-16)11-12-25-15-23-20-18(21(25)28)14-24-26(20)17-9-5-2-6-10-17/h1-10,14-15H,11-13H2,(H,22,27). The van der Waals surface area contributed by atoms with Gasteiger partial charge in [-0.3, -0.25) is 14.2 Å². The summed E-state index contributed by atoms with van der Waals surface area (Å²) in [5.41, 5.74) is 2.16. The van der Waals surface area contributed by atoms with E-state index in [0.717, 1.165) is 11.3 Å². The summed E-state index contributed by atoms with van der Waals surface area (Å²) in [6.07, 6.45) is 3.19. The lowest BCUT2D eigenvalue weighted by Crippen LogP contribution is -2.27. The number of nitrogens with one attached hydrogen (secondary N) is 1. The number of nitrogens with zero attached hydrogens (tertiary/aromatic N) is 4. The van der Waals surface area contributed by atoms with Crippen LogP contribution in [0, 0.1) is 0 Å². The van der Waals surface area contributed by atoms with Gasteiger partial charge in [0.25, 0.3) is 5.56 Å². The molecule has 140 valence electrons. The molecule has 0 aliphatic carbocycles. The SMILES string of the molecule is O=C(CCn1cnc2c(cnn2-c2ccccc2)c1=O)NCc1ccccc1. The smallest absolute Gasteiger partial charge is 0.264 e. The minimum Gasteiger partial charge on any atom is -0.352 e. The highest BCUT2D eigenvalue weighted by Crippen LogP contribution is 2.13. The first-order valence-electron chi connectivity index (χ1n) is 9.01. The minimum absolute atomic E-state index is 0.115. The summed E-state index contributed by atoms with van der Waals surface area (Å²) in [6.45, 7) is 0.731. The number of para-hydroxylation sites is 1. The second-order valence-corrected chi connectivity index (χ2v) is 6.38. The molecule has 7 heteroatoms. The molecule has 1 amide bonds. The van der Waals surface area contributed by atoms with Gasteiger partial charge in [0, 0.05) is 19.5 Å². The van der Waals surface area contributed by atoms with Gasteiger partial charge in [0.15, 0.2) is 5.65 Å². The van der Waals surface area contributed by atoms with Gasteiger partial charge in [0.1, 0.15) is 5.39 Å². The Morgan fingerprint density at radius 2 is 1.71 bits per heavy atom. The number of fused-ring (bicyclic) bond motifs is 1. The van der Waals surface area contributed by atoms with Crippen molar-refractivity contribution >= 4 is 16.9 Å². The van der Waals surface area contributed by atoms with Crippen molar-refractivity contribution in [3.05, 3.63) is 89.1 Å². The fourth-order valence-electron chi connectivity index (χ4n) is 2.97. The van der Waals surface area contributed by atoms with Gasteiger partial charge < -0.3 is 5.32 Å². The zero-order chi connectivity index (χ0) is 19.3. The summed E-state index contributed by atoms with van der Waals surface area (Å²) in [7, 11) is 0. The van der Waals surface area contributed by atoms with E-state index >= 15 is 0 Å². The monoisotopic (exact) mass is 373 g/mol. The number of rotatable bonds is 6. The van der Waals surface area contributed by atoms with Crippen molar-refractivity contribution in [2.24, 2.45) is 0 Å². The van der Waals surface area contributed by atoms with Crippen molar-refractivity contribution < 1.29 is 4.79 Å². The van der Waals surface area contributed by atoms with E-state index in [1.54, 1.807) is 4.68 Å². The Kier molecular flexibility index (Phi) is 4.97. The van der Waals surface area contributed by atoms with Gasteiger partial charge in [-0.2, -0.15) is 5.10 Å². The van der Waals surface area contributed by atoms with Crippen LogP contribution >= 0.6 is 0 Å². The fourth-order valence-corrected chi connectivity index (χ4v) is 2.97. The van der Waals surface area contributed by atoms with Gasteiger partial charge in [-0.15, -0.1) is 0 Å². The molecule has 2 heterocycles. The van der Waals surface area contributed by atoms with Crippen molar-refractivity contribution in [2.45, 2.75) is 19.5 Å². The van der Waals surface area contributed by atoms with Crippen molar-refractivity contribution in [3.8, 4) is 5.69 Å². The van der Waals surface area contributed by atoms with E-state index in [9.17, 15) is 9.59 Å². The topological polar surface area (TPSA) is 81.8 Å². The van der Waals surface area contributed by atoms with Crippen LogP contribution in [-0.4, -0.2) is 25.2 Å². The maximum Gasteiger partial charge on any atom is 0.264 e. The lowest BCUT2D eigenvalue weighted by Gasteiger charge is -2.07. The molecule has 0 fully saturated rings. The van der Waals surface area contributed by atoms with Crippen LogP contribution in [-0.2, 0) is 17.9 Å². The molecule has 0 radical (unpaired) electrons. The van der Waals surface area contributed by atoms with Crippen LogP contribution in [0.2, 0.25) is 0 Å². The lowest BCUT2D eigenvalue weighted by atomic mass is 10.2. The minimum atomic E-state index is -0.206. The largest absolute Gasteiger partial charge is 0.352 e. The van der Waals surface area contributed by atoms with Crippen molar-refractivity contribution in [1.82, 2.24) is 24.6 Å². The van der Waals surface area contributed by atoms with Crippen LogP contribution in [0.4, 0.5) is 0 Å². The van der Waals surface area contributed by atoms with Gasteiger partial charge in [0.05, 0.1) is 18.2 Å². The second-order valence-electron chi connectivity index (χ2n) is 6.38. The highest BCUT2D eigenvalue weighted by atomic mass is 16.1. The lowest BCUT2D eigenvalue weighted by molar-refractivity contribution is -0.121. The Bertz CT molecular complexity index is 1150. The molecular formula is C21H19N5O2. The zero-order valence-electron chi connectivity index (χ0n) is 15.2. The first-order chi connectivity index (χ1) is 13.7. The molecule has 0 spiro atoms. The molecule has 0 bridgehead atoms. The molecular weight excluding hydrogens is 354 g/mol. The summed E-state index contributed by atoms with van der Waals surface area (Å²) in [6, 6.07) is 19.2. The quantitative estimate of drug-likeness (QED) is 0.562. The molecule has 4 aromatic rings. The predicted molar refractivity (Wildman–Crippen MR) is 106 cm³/mol. The molecule has 0 aliphatic rings. The molecule has 4 rings (SSSR count). The van der Waals surface area contributed by atoms with E-state index in [1.807, 2.05) is 60.7 Å². The molecule has 0 saturated carbocycles. The average Bonchev–Trinajstić information content (AvgIpc) is 3.18. The summed E-state index contributed by atoms with van der Waals surface area (Å²) in [4.78, 5) is 29.2. The maximum absolute atomic E-state index is 12.7. The number of hydrogen-bond donors (Lipinski definition) is 1. The summed E-state index contributed by atoms with van der Waals surface area (Å²) < 4.78 is 3.08. The summed E-state index contributed by atoms with van der Waals surface area (Å²) in [5, 5.41) is 7.57. The van der Waals surface area contributed by atoms with Crippen LogP contribution in [0.5, 0.6) is 0 Å². The van der Waals surface area contributed by atoms with Crippen LogP contribution in [0.1, 0.15) is 12.0 Å². The number of carbonyl (C=O) groups is 1. The van der Waals surface area contributed by atoms with Crippen LogP contribution in [0.25, 0.3) is 16.7 Å². The van der Waals surface area contributed by atoms with Crippen LogP contribution < -0.4 is 10.9 Å². The highest BCUT2D eigenvalue weighted by molar-refractivity contribution is 5.76. The predicted octanol–water partition coefficient (Wildman–Crippen LogP) is 2.29. The van der Waals surface area contributed by atoms with E-state index < -0.39 is 0 Å². The van der Waals surface area contributed by atoms with E-state index in [1.165, 1.54) is 17.1 Å². The van der Waals surface area contributed by atoms with Gasteiger partial charge in [-0.25, -0.2) is 9.67 Å². The van der Waals surface area contributed by atoms with E-state index in [2.05, 4.69) is 15.4 Å². The molecule has 0 saturated heterocycles. The zero-order valence-corrected chi connectivity index (χ0v) is 15.2.